The number of hydrogen-bond donors (Lipinski definition) is 0. The predicted molar refractivity (Wildman–Crippen MR) is 95.1 cm³/mol. The van der Waals surface area contributed by atoms with Gasteiger partial charge in [-0.15, -0.1) is 10.2 Å². The van der Waals surface area contributed by atoms with E-state index in [1.807, 2.05) is 0 Å². The molecule has 140 valence electrons. The molecule has 25 heavy (non-hydrogen) atoms. The molecule has 8 heteroatoms. The molecule has 0 aromatic carbocycles. The third-order valence-corrected chi connectivity index (χ3v) is 7.90. The van der Waals surface area contributed by atoms with Gasteiger partial charge >= 0.3 is 0 Å². The zero-order chi connectivity index (χ0) is 17.4. The van der Waals surface area contributed by atoms with Crippen LogP contribution in [0, 0.1) is 5.92 Å². The summed E-state index contributed by atoms with van der Waals surface area (Å²) in [5.74, 6) is 2.33. The smallest absolute Gasteiger partial charge is 0.282 e. The molecule has 0 radical (unpaired) electrons. The van der Waals surface area contributed by atoms with E-state index in [2.05, 4.69) is 21.7 Å². The van der Waals surface area contributed by atoms with Crippen LogP contribution in [0.2, 0.25) is 0 Å². The maximum atomic E-state index is 13.3. The van der Waals surface area contributed by atoms with Gasteiger partial charge in [0.1, 0.15) is 5.82 Å². The molecule has 0 spiro atoms. The Kier molecular flexibility index (Phi) is 4.85. The molecule has 7 nitrogen and oxygen atoms in total. The molecule has 2 fully saturated rings. The largest absolute Gasteiger partial charge is 0.314 e. The molecule has 2 atom stereocenters. The van der Waals surface area contributed by atoms with Crippen LogP contribution in [-0.2, 0) is 23.2 Å². The molecule has 0 bridgehead atoms. The van der Waals surface area contributed by atoms with Crippen LogP contribution < -0.4 is 0 Å². The molecule has 0 unspecified atom stereocenters. The van der Waals surface area contributed by atoms with Crippen molar-refractivity contribution in [2.24, 2.45) is 5.92 Å². The number of aromatic nitrogens is 3. The van der Waals surface area contributed by atoms with E-state index in [1.165, 1.54) is 6.42 Å². The second-order valence-corrected chi connectivity index (χ2v) is 9.70. The van der Waals surface area contributed by atoms with Gasteiger partial charge < -0.3 is 4.57 Å². The molecule has 1 aromatic heterocycles. The first-order chi connectivity index (χ1) is 12.1. The predicted octanol–water partition coefficient (Wildman–Crippen LogP) is 2.12. The van der Waals surface area contributed by atoms with Crippen molar-refractivity contribution in [2.75, 3.05) is 19.6 Å². The highest BCUT2D eigenvalue weighted by Gasteiger charge is 2.42. The third-order valence-electron chi connectivity index (χ3n) is 5.88. The van der Waals surface area contributed by atoms with Crippen molar-refractivity contribution in [1.29, 1.82) is 0 Å². The number of fused-ring (bicyclic) bond motifs is 1. The van der Waals surface area contributed by atoms with Gasteiger partial charge in [0.25, 0.3) is 10.2 Å². The molecular formula is C17H29N5O2S. The van der Waals surface area contributed by atoms with Crippen molar-refractivity contribution in [1.82, 2.24) is 23.4 Å². The maximum absolute atomic E-state index is 13.3. The Morgan fingerprint density at radius 2 is 1.80 bits per heavy atom. The lowest BCUT2D eigenvalue weighted by atomic mass is 10.0. The molecular weight excluding hydrogens is 338 g/mol. The van der Waals surface area contributed by atoms with E-state index in [0.29, 0.717) is 25.6 Å². The van der Waals surface area contributed by atoms with Gasteiger partial charge in [-0.1, -0.05) is 13.3 Å². The van der Waals surface area contributed by atoms with Gasteiger partial charge in [0.2, 0.25) is 0 Å². The maximum Gasteiger partial charge on any atom is 0.282 e. The van der Waals surface area contributed by atoms with Gasteiger partial charge in [-0.2, -0.15) is 17.0 Å². The van der Waals surface area contributed by atoms with Crippen LogP contribution >= 0.6 is 0 Å². The van der Waals surface area contributed by atoms with E-state index >= 15 is 0 Å². The lowest BCUT2D eigenvalue weighted by Crippen LogP contribution is -2.47. The van der Waals surface area contributed by atoms with E-state index < -0.39 is 10.2 Å². The van der Waals surface area contributed by atoms with Crippen LogP contribution in [-0.4, -0.2) is 51.4 Å². The number of hydrogen-bond acceptors (Lipinski definition) is 4. The van der Waals surface area contributed by atoms with Crippen molar-refractivity contribution < 1.29 is 8.42 Å². The Labute approximate surface area is 150 Å². The zero-order valence-corrected chi connectivity index (χ0v) is 15.9. The summed E-state index contributed by atoms with van der Waals surface area (Å²) < 4.78 is 32.1. The molecule has 0 saturated carbocycles. The normalized spacial score (nSPS) is 29.5. The summed E-state index contributed by atoms with van der Waals surface area (Å²) in [7, 11) is -3.42. The van der Waals surface area contributed by atoms with Crippen molar-refractivity contribution in [3.63, 3.8) is 0 Å². The second kappa shape index (κ2) is 6.96. The lowest BCUT2D eigenvalue weighted by molar-refractivity contribution is 0.251. The molecule has 3 aliphatic heterocycles. The van der Waals surface area contributed by atoms with Gasteiger partial charge in [-0.05, 0) is 44.4 Å². The summed E-state index contributed by atoms with van der Waals surface area (Å²) in [6, 6.07) is -0.151. The Balaban J connectivity index is 1.61. The molecule has 3 aliphatic rings. The number of aryl methyl sites for hydroxylation is 1. The number of piperidine rings is 1. The van der Waals surface area contributed by atoms with Crippen LogP contribution in [0.3, 0.4) is 0 Å². The first-order valence-corrected chi connectivity index (χ1v) is 11.2. The summed E-state index contributed by atoms with van der Waals surface area (Å²) >= 11 is 0. The van der Waals surface area contributed by atoms with Gasteiger partial charge in [0, 0.05) is 32.6 Å². The topological polar surface area (TPSA) is 71.3 Å². The van der Waals surface area contributed by atoms with Crippen LogP contribution in [0.1, 0.15) is 69.6 Å². The molecule has 4 heterocycles. The van der Waals surface area contributed by atoms with Gasteiger partial charge in [-0.25, -0.2) is 0 Å². The Bertz CT molecular complexity index is 717. The van der Waals surface area contributed by atoms with Gasteiger partial charge in [-0.3, -0.25) is 0 Å². The van der Waals surface area contributed by atoms with E-state index in [0.717, 1.165) is 63.1 Å². The monoisotopic (exact) mass is 367 g/mol. The van der Waals surface area contributed by atoms with Crippen molar-refractivity contribution in [3.8, 4) is 0 Å². The summed E-state index contributed by atoms with van der Waals surface area (Å²) in [4.78, 5) is 0. The fraction of sp³-hybridized carbons (Fsp3) is 0.882. The summed E-state index contributed by atoms with van der Waals surface area (Å²) in [6.45, 7) is 4.95. The summed E-state index contributed by atoms with van der Waals surface area (Å²) in [5.41, 5.74) is 0. The van der Waals surface area contributed by atoms with E-state index in [-0.39, 0.29) is 6.04 Å². The van der Waals surface area contributed by atoms with Gasteiger partial charge in [0.05, 0.1) is 6.04 Å². The summed E-state index contributed by atoms with van der Waals surface area (Å²) in [5, 5.41) is 8.81. The molecule has 0 aliphatic carbocycles. The molecule has 0 amide bonds. The Morgan fingerprint density at radius 3 is 2.64 bits per heavy atom. The highest BCUT2D eigenvalue weighted by atomic mass is 32.2. The number of nitrogens with zero attached hydrogens (tertiary/aromatic N) is 5. The lowest BCUT2D eigenvalue weighted by Gasteiger charge is -2.35. The SMILES string of the molecule is C[C@H]1CCCN(S(=O)(=O)N2CCC[C@@H]2c2nnc3n2CCCCC3)C1. The highest BCUT2D eigenvalue weighted by Crippen LogP contribution is 2.36. The van der Waals surface area contributed by atoms with E-state index in [1.54, 1.807) is 8.61 Å². The zero-order valence-electron chi connectivity index (χ0n) is 15.1. The summed E-state index contributed by atoms with van der Waals surface area (Å²) in [6.07, 6.45) is 8.26. The average molecular weight is 368 g/mol. The fourth-order valence-corrected chi connectivity index (χ4v) is 6.51. The molecule has 4 rings (SSSR count). The highest BCUT2D eigenvalue weighted by molar-refractivity contribution is 7.86. The second-order valence-electron chi connectivity index (χ2n) is 7.82. The first-order valence-electron chi connectivity index (χ1n) is 9.76. The van der Waals surface area contributed by atoms with Crippen molar-refractivity contribution in [2.45, 2.75) is 70.9 Å². The Hall–Kier alpha value is -0.990. The Morgan fingerprint density at radius 1 is 0.960 bits per heavy atom. The average Bonchev–Trinajstić information content (AvgIpc) is 3.16. The minimum absolute atomic E-state index is 0.151. The van der Waals surface area contributed by atoms with Crippen LogP contribution in [0.4, 0.5) is 0 Å². The minimum Gasteiger partial charge on any atom is -0.314 e. The minimum atomic E-state index is -3.42. The molecule has 0 N–H and O–H groups in total. The van der Waals surface area contributed by atoms with E-state index in [9.17, 15) is 8.42 Å². The van der Waals surface area contributed by atoms with Crippen molar-refractivity contribution >= 4 is 10.2 Å². The molecule has 1 aromatic rings. The standard InChI is InChI=1S/C17H29N5O2S/c1-14-7-5-10-20(13-14)25(23,24)22-12-6-8-15(22)17-19-18-16-9-3-2-4-11-21(16)17/h14-15H,2-13H2,1H3/t14-,15+/m0/s1. The first kappa shape index (κ1) is 17.4. The van der Waals surface area contributed by atoms with Crippen LogP contribution in [0.25, 0.3) is 0 Å². The van der Waals surface area contributed by atoms with Crippen LogP contribution in [0.15, 0.2) is 0 Å². The third kappa shape index (κ3) is 3.24. The quantitative estimate of drug-likeness (QED) is 0.820. The fourth-order valence-electron chi connectivity index (χ4n) is 4.53. The van der Waals surface area contributed by atoms with Gasteiger partial charge in [0.15, 0.2) is 5.82 Å². The van der Waals surface area contributed by atoms with Crippen LogP contribution in [0.5, 0.6) is 0 Å². The van der Waals surface area contributed by atoms with Crippen molar-refractivity contribution in [3.05, 3.63) is 11.6 Å². The molecule has 2 saturated heterocycles. The van der Waals surface area contributed by atoms with E-state index in [4.69, 9.17) is 0 Å². The number of rotatable bonds is 3.